The molecular formula is C16H25N5O. The average molecular weight is 303 g/mol. The number of nitrogens with one attached hydrogen (secondary N) is 1. The van der Waals surface area contributed by atoms with Gasteiger partial charge in [-0.3, -0.25) is 9.36 Å². The molecule has 1 aliphatic rings. The third-order valence-electron chi connectivity index (χ3n) is 4.74. The van der Waals surface area contributed by atoms with Gasteiger partial charge < -0.3 is 10.4 Å². The van der Waals surface area contributed by atoms with E-state index in [1.807, 2.05) is 29.5 Å². The van der Waals surface area contributed by atoms with E-state index in [9.17, 15) is 0 Å². The van der Waals surface area contributed by atoms with Crippen molar-refractivity contribution in [2.75, 3.05) is 6.61 Å². The van der Waals surface area contributed by atoms with Crippen LogP contribution >= 0.6 is 0 Å². The quantitative estimate of drug-likeness (QED) is 0.876. The van der Waals surface area contributed by atoms with Gasteiger partial charge in [-0.05, 0) is 33.1 Å². The fourth-order valence-corrected chi connectivity index (χ4v) is 3.45. The number of hydrogen-bond donors (Lipinski definition) is 2. The Morgan fingerprint density at radius 2 is 2.23 bits per heavy atom. The Hall–Kier alpha value is -1.66. The minimum atomic E-state index is 0.122. The fraction of sp³-hybridized carbons (Fsp3) is 0.625. The zero-order chi connectivity index (χ0) is 15.7. The largest absolute Gasteiger partial charge is 0.394 e. The van der Waals surface area contributed by atoms with Gasteiger partial charge in [0.25, 0.3) is 0 Å². The summed E-state index contributed by atoms with van der Waals surface area (Å²) in [6.45, 7) is 5.60. The molecule has 1 aliphatic carbocycles. The first-order valence-corrected chi connectivity index (χ1v) is 7.99. The van der Waals surface area contributed by atoms with Gasteiger partial charge in [0.2, 0.25) is 0 Å². The van der Waals surface area contributed by atoms with Gasteiger partial charge in [0, 0.05) is 42.1 Å². The van der Waals surface area contributed by atoms with Gasteiger partial charge in [-0.25, -0.2) is 0 Å². The molecule has 0 saturated heterocycles. The summed E-state index contributed by atoms with van der Waals surface area (Å²) in [5, 5.41) is 21.7. The van der Waals surface area contributed by atoms with Crippen LogP contribution in [-0.4, -0.2) is 31.3 Å². The lowest BCUT2D eigenvalue weighted by Crippen LogP contribution is -2.25. The predicted molar refractivity (Wildman–Crippen MR) is 84.5 cm³/mol. The molecule has 2 aromatic heterocycles. The van der Waals surface area contributed by atoms with Gasteiger partial charge in [0.05, 0.1) is 25.0 Å². The van der Waals surface area contributed by atoms with Crippen molar-refractivity contribution < 1.29 is 5.11 Å². The molecule has 22 heavy (non-hydrogen) atoms. The molecule has 1 atom stereocenters. The molecule has 0 fully saturated rings. The average Bonchev–Trinajstić information content (AvgIpc) is 3.00. The highest BCUT2D eigenvalue weighted by atomic mass is 16.3. The summed E-state index contributed by atoms with van der Waals surface area (Å²) in [5.74, 6) is 0. The SMILES string of the molecule is Cc1nn(CCO)c(C)c1CN[C@H]1CCCc2c1cnn2C. The van der Waals surface area contributed by atoms with E-state index in [2.05, 4.69) is 22.4 Å². The molecule has 0 aromatic carbocycles. The maximum atomic E-state index is 9.10. The molecule has 0 aliphatic heterocycles. The molecule has 0 unspecified atom stereocenters. The highest BCUT2D eigenvalue weighted by Gasteiger charge is 2.23. The van der Waals surface area contributed by atoms with Gasteiger partial charge in [0.1, 0.15) is 0 Å². The Morgan fingerprint density at radius 1 is 1.41 bits per heavy atom. The monoisotopic (exact) mass is 303 g/mol. The van der Waals surface area contributed by atoms with E-state index in [1.165, 1.54) is 23.2 Å². The van der Waals surface area contributed by atoms with Crippen LogP contribution < -0.4 is 5.32 Å². The van der Waals surface area contributed by atoms with Crippen molar-refractivity contribution in [1.82, 2.24) is 24.9 Å². The second-order valence-electron chi connectivity index (χ2n) is 6.09. The van der Waals surface area contributed by atoms with Gasteiger partial charge in [-0.1, -0.05) is 0 Å². The maximum Gasteiger partial charge on any atom is 0.0644 e. The molecule has 6 heteroatoms. The summed E-state index contributed by atoms with van der Waals surface area (Å²) in [7, 11) is 2.02. The standard InChI is InChI=1S/C16H25N5O/c1-11-13(12(2)21(19-11)7-8-22)9-17-15-5-4-6-16-14(15)10-18-20(16)3/h10,15,17,22H,4-9H2,1-3H3/t15-/m0/s1. The van der Waals surface area contributed by atoms with E-state index in [0.717, 1.165) is 30.8 Å². The zero-order valence-electron chi connectivity index (χ0n) is 13.6. The number of hydrogen-bond acceptors (Lipinski definition) is 4. The minimum Gasteiger partial charge on any atom is -0.394 e. The van der Waals surface area contributed by atoms with Crippen LogP contribution in [0.2, 0.25) is 0 Å². The first kappa shape index (κ1) is 15.2. The molecule has 120 valence electrons. The normalized spacial score (nSPS) is 17.7. The summed E-state index contributed by atoms with van der Waals surface area (Å²) in [6.07, 6.45) is 5.48. The van der Waals surface area contributed by atoms with Crippen molar-refractivity contribution in [3.05, 3.63) is 34.4 Å². The number of rotatable bonds is 5. The van der Waals surface area contributed by atoms with Crippen LogP contribution in [0.4, 0.5) is 0 Å². The fourth-order valence-electron chi connectivity index (χ4n) is 3.45. The second-order valence-corrected chi connectivity index (χ2v) is 6.09. The van der Waals surface area contributed by atoms with Crippen molar-refractivity contribution in [3.63, 3.8) is 0 Å². The van der Waals surface area contributed by atoms with E-state index in [4.69, 9.17) is 5.11 Å². The number of aliphatic hydroxyl groups excluding tert-OH is 1. The summed E-state index contributed by atoms with van der Waals surface area (Å²) in [6, 6.07) is 0.373. The van der Waals surface area contributed by atoms with Crippen molar-refractivity contribution in [2.45, 2.75) is 52.2 Å². The Labute approximate surface area is 131 Å². The topological polar surface area (TPSA) is 67.9 Å². The Kier molecular flexibility index (Phi) is 4.31. The number of fused-ring (bicyclic) bond motifs is 1. The van der Waals surface area contributed by atoms with E-state index >= 15 is 0 Å². The third kappa shape index (κ3) is 2.68. The van der Waals surface area contributed by atoms with Crippen molar-refractivity contribution in [3.8, 4) is 0 Å². The van der Waals surface area contributed by atoms with Crippen molar-refractivity contribution in [1.29, 1.82) is 0 Å². The Balaban J connectivity index is 1.74. The first-order chi connectivity index (χ1) is 10.6. The lowest BCUT2D eigenvalue weighted by atomic mass is 9.93. The molecule has 0 radical (unpaired) electrons. The first-order valence-electron chi connectivity index (χ1n) is 7.99. The Bertz CT molecular complexity index is 658. The smallest absolute Gasteiger partial charge is 0.0644 e. The van der Waals surface area contributed by atoms with Crippen LogP contribution in [0, 0.1) is 13.8 Å². The van der Waals surface area contributed by atoms with E-state index in [1.54, 1.807) is 0 Å². The molecule has 0 saturated carbocycles. The summed E-state index contributed by atoms with van der Waals surface area (Å²) < 4.78 is 3.89. The van der Waals surface area contributed by atoms with Gasteiger partial charge >= 0.3 is 0 Å². The van der Waals surface area contributed by atoms with Crippen molar-refractivity contribution in [2.24, 2.45) is 7.05 Å². The summed E-state index contributed by atoms with van der Waals surface area (Å²) >= 11 is 0. The van der Waals surface area contributed by atoms with Crippen LogP contribution in [-0.2, 0) is 26.6 Å². The van der Waals surface area contributed by atoms with E-state index < -0.39 is 0 Å². The minimum absolute atomic E-state index is 0.122. The molecule has 3 rings (SSSR count). The van der Waals surface area contributed by atoms with Gasteiger partial charge in [-0.2, -0.15) is 10.2 Å². The van der Waals surface area contributed by atoms with Crippen LogP contribution in [0.1, 0.15) is 47.1 Å². The lowest BCUT2D eigenvalue weighted by molar-refractivity contribution is 0.267. The Morgan fingerprint density at radius 3 is 3.00 bits per heavy atom. The van der Waals surface area contributed by atoms with Gasteiger partial charge in [0.15, 0.2) is 0 Å². The van der Waals surface area contributed by atoms with E-state index in [0.29, 0.717) is 12.6 Å². The molecule has 0 amide bonds. The van der Waals surface area contributed by atoms with Crippen molar-refractivity contribution >= 4 is 0 Å². The van der Waals surface area contributed by atoms with Crippen LogP contribution in [0.25, 0.3) is 0 Å². The predicted octanol–water partition coefficient (Wildman–Crippen LogP) is 1.39. The van der Waals surface area contributed by atoms with E-state index in [-0.39, 0.29) is 6.61 Å². The highest BCUT2D eigenvalue weighted by molar-refractivity contribution is 5.27. The third-order valence-corrected chi connectivity index (χ3v) is 4.74. The van der Waals surface area contributed by atoms with Crippen LogP contribution in [0.5, 0.6) is 0 Å². The molecule has 2 heterocycles. The summed E-state index contributed by atoms with van der Waals surface area (Å²) in [4.78, 5) is 0. The molecule has 2 N–H and O–H groups in total. The zero-order valence-corrected chi connectivity index (χ0v) is 13.6. The molecule has 6 nitrogen and oxygen atoms in total. The maximum absolute atomic E-state index is 9.10. The molecule has 0 bridgehead atoms. The molecular weight excluding hydrogens is 278 g/mol. The highest BCUT2D eigenvalue weighted by Crippen LogP contribution is 2.29. The van der Waals surface area contributed by atoms with Crippen LogP contribution in [0.15, 0.2) is 6.20 Å². The van der Waals surface area contributed by atoms with Gasteiger partial charge in [-0.15, -0.1) is 0 Å². The number of aromatic nitrogens is 4. The summed E-state index contributed by atoms with van der Waals surface area (Å²) in [5.41, 5.74) is 6.12. The second kappa shape index (κ2) is 6.22. The number of aryl methyl sites for hydroxylation is 2. The lowest BCUT2D eigenvalue weighted by Gasteiger charge is -2.24. The molecule has 2 aromatic rings. The number of aliphatic hydroxyl groups is 1. The van der Waals surface area contributed by atoms with Crippen LogP contribution in [0.3, 0.4) is 0 Å². The molecule has 0 spiro atoms. The number of nitrogens with zero attached hydrogens (tertiary/aromatic N) is 4.